The Balaban J connectivity index is 1.43. The van der Waals surface area contributed by atoms with Gasteiger partial charge >= 0.3 is 0 Å². The molecule has 0 bridgehead atoms. The van der Waals surface area contributed by atoms with Crippen molar-refractivity contribution in [3.63, 3.8) is 0 Å². The summed E-state index contributed by atoms with van der Waals surface area (Å²) in [5, 5.41) is 16.2. The molecule has 3 rings (SSSR count). The molecule has 3 aromatic heterocycles. The van der Waals surface area contributed by atoms with Gasteiger partial charge in [0.15, 0.2) is 0 Å². The first-order chi connectivity index (χ1) is 12.0. The zero-order valence-electron chi connectivity index (χ0n) is 15.3. The number of aryl methyl sites for hydroxylation is 6. The molecule has 0 atom stereocenters. The number of nitrogens with one attached hydrogen (secondary N) is 1. The van der Waals surface area contributed by atoms with Crippen LogP contribution >= 0.6 is 0 Å². The number of amides is 1. The van der Waals surface area contributed by atoms with E-state index in [0.29, 0.717) is 19.5 Å². The molecular formula is C17H25N7O. The maximum atomic E-state index is 12.0. The van der Waals surface area contributed by atoms with Crippen LogP contribution in [0.1, 0.15) is 29.9 Å². The molecular weight excluding hydrogens is 318 g/mol. The van der Waals surface area contributed by atoms with Crippen molar-refractivity contribution in [2.24, 2.45) is 7.05 Å². The quantitative estimate of drug-likeness (QED) is 0.659. The van der Waals surface area contributed by atoms with Crippen LogP contribution in [0.15, 0.2) is 12.3 Å². The molecule has 3 aromatic rings. The van der Waals surface area contributed by atoms with Crippen molar-refractivity contribution in [2.45, 2.75) is 46.7 Å². The van der Waals surface area contributed by atoms with Gasteiger partial charge in [0.05, 0.1) is 17.6 Å². The highest BCUT2D eigenvalue weighted by Gasteiger charge is 2.11. The monoisotopic (exact) mass is 343 g/mol. The van der Waals surface area contributed by atoms with Crippen molar-refractivity contribution in [3.05, 3.63) is 29.3 Å². The third kappa shape index (κ3) is 3.72. The Morgan fingerprint density at radius 2 is 1.96 bits per heavy atom. The zero-order valence-corrected chi connectivity index (χ0v) is 15.3. The molecule has 0 saturated heterocycles. The molecule has 0 saturated carbocycles. The van der Waals surface area contributed by atoms with Crippen LogP contribution in [0.4, 0.5) is 0 Å². The average molecular weight is 343 g/mol. The lowest BCUT2D eigenvalue weighted by atomic mass is 10.3. The molecule has 25 heavy (non-hydrogen) atoms. The third-order valence-electron chi connectivity index (χ3n) is 4.33. The van der Waals surface area contributed by atoms with Gasteiger partial charge in [-0.05, 0) is 33.3 Å². The van der Waals surface area contributed by atoms with E-state index in [4.69, 9.17) is 0 Å². The molecule has 3 heterocycles. The maximum Gasteiger partial charge on any atom is 0.221 e. The molecule has 0 aliphatic heterocycles. The van der Waals surface area contributed by atoms with Crippen LogP contribution in [0.25, 0.3) is 11.0 Å². The molecule has 1 N–H and O–H groups in total. The van der Waals surface area contributed by atoms with E-state index in [2.05, 4.69) is 20.6 Å². The van der Waals surface area contributed by atoms with Gasteiger partial charge in [-0.1, -0.05) is 0 Å². The van der Waals surface area contributed by atoms with Gasteiger partial charge in [-0.2, -0.15) is 15.3 Å². The lowest BCUT2D eigenvalue weighted by Crippen LogP contribution is -2.26. The molecule has 8 nitrogen and oxygen atoms in total. The summed E-state index contributed by atoms with van der Waals surface area (Å²) in [6.45, 7) is 7.95. The Kier molecular flexibility index (Phi) is 4.87. The summed E-state index contributed by atoms with van der Waals surface area (Å²) in [6.07, 6.45) is 3.11. The first kappa shape index (κ1) is 17.2. The van der Waals surface area contributed by atoms with Crippen molar-refractivity contribution in [1.82, 2.24) is 34.7 Å². The lowest BCUT2D eigenvalue weighted by molar-refractivity contribution is -0.121. The largest absolute Gasteiger partial charge is 0.356 e. The smallest absolute Gasteiger partial charge is 0.221 e. The van der Waals surface area contributed by atoms with E-state index in [9.17, 15) is 4.79 Å². The van der Waals surface area contributed by atoms with Gasteiger partial charge in [-0.15, -0.1) is 0 Å². The van der Waals surface area contributed by atoms with E-state index in [1.54, 1.807) is 0 Å². The van der Waals surface area contributed by atoms with Gasteiger partial charge in [0.1, 0.15) is 11.0 Å². The maximum absolute atomic E-state index is 12.0. The molecule has 0 aliphatic carbocycles. The molecule has 0 spiro atoms. The van der Waals surface area contributed by atoms with Crippen molar-refractivity contribution in [3.8, 4) is 0 Å². The van der Waals surface area contributed by atoms with Crippen molar-refractivity contribution in [1.29, 1.82) is 0 Å². The fourth-order valence-corrected chi connectivity index (χ4v) is 3.13. The van der Waals surface area contributed by atoms with Gasteiger partial charge in [0.25, 0.3) is 0 Å². The molecule has 1 amide bonds. The Labute approximate surface area is 146 Å². The van der Waals surface area contributed by atoms with Crippen LogP contribution in [0.5, 0.6) is 0 Å². The van der Waals surface area contributed by atoms with Crippen LogP contribution < -0.4 is 5.32 Å². The number of aromatic nitrogens is 6. The van der Waals surface area contributed by atoms with E-state index in [1.165, 1.54) is 0 Å². The molecule has 0 aromatic carbocycles. The fraction of sp³-hybridized carbons (Fsp3) is 0.529. The zero-order chi connectivity index (χ0) is 18.0. The Bertz CT molecular complexity index is 886. The van der Waals surface area contributed by atoms with E-state index in [-0.39, 0.29) is 5.91 Å². The summed E-state index contributed by atoms with van der Waals surface area (Å²) in [6, 6.07) is 2.02. The number of fused-ring (bicyclic) bond motifs is 1. The average Bonchev–Trinajstić information content (AvgIpc) is 3.19. The third-order valence-corrected chi connectivity index (χ3v) is 4.33. The highest BCUT2D eigenvalue weighted by molar-refractivity contribution is 5.77. The first-order valence-corrected chi connectivity index (χ1v) is 8.58. The SMILES string of the molecule is Cc1cc(C)n(CCC(=O)NCCCn2ncc3c2c(C)nn3C)n1. The topological polar surface area (TPSA) is 82.6 Å². The van der Waals surface area contributed by atoms with Crippen molar-refractivity contribution in [2.75, 3.05) is 6.54 Å². The molecule has 0 radical (unpaired) electrons. The van der Waals surface area contributed by atoms with Gasteiger partial charge < -0.3 is 5.32 Å². The Morgan fingerprint density at radius 1 is 1.16 bits per heavy atom. The van der Waals surface area contributed by atoms with Crippen molar-refractivity contribution >= 4 is 16.9 Å². The second-order valence-corrected chi connectivity index (χ2v) is 6.41. The molecule has 0 unspecified atom stereocenters. The second kappa shape index (κ2) is 7.08. The summed E-state index contributed by atoms with van der Waals surface area (Å²) >= 11 is 0. The molecule has 134 valence electrons. The number of rotatable bonds is 7. The van der Waals surface area contributed by atoms with E-state index >= 15 is 0 Å². The molecule has 0 aliphatic rings. The van der Waals surface area contributed by atoms with Crippen LogP contribution in [0.2, 0.25) is 0 Å². The summed E-state index contributed by atoms with van der Waals surface area (Å²) in [4.78, 5) is 12.0. The number of carbonyl (C=O) groups excluding carboxylic acids is 1. The summed E-state index contributed by atoms with van der Waals surface area (Å²) in [7, 11) is 1.92. The lowest BCUT2D eigenvalue weighted by Gasteiger charge is -2.07. The highest BCUT2D eigenvalue weighted by atomic mass is 16.1. The van der Waals surface area contributed by atoms with Crippen LogP contribution in [0.3, 0.4) is 0 Å². The summed E-state index contributed by atoms with van der Waals surface area (Å²) < 4.78 is 5.68. The number of hydrogen-bond acceptors (Lipinski definition) is 4. The minimum atomic E-state index is 0.0516. The standard InChI is InChI=1S/C17H25N7O/c1-12-10-13(2)23(20-12)9-6-16(25)18-7-5-8-24-17-14(3)21-22(4)15(17)11-19-24/h10-11H,5-9H2,1-4H3,(H,18,25). The number of carbonyl (C=O) groups is 1. The van der Waals surface area contributed by atoms with Gasteiger partial charge in [0.2, 0.25) is 5.91 Å². The van der Waals surface area contributed by atoms with Crippen molar-refractivity contribution < 1.29 is 4.79 Å². The van der Waals surface area contributed by atoms with Gasteiger partial charge in [-0.25, -0.2) is 0 Å². The Morgan fingerprint density at radius 3 is 2.68 bits per heavy atom. The first-order valence-electron chi connectivity index (χ1n) is 8.58. The summed E-state index contributed by atoms with van der Waals surface area (Å²) in [5.41, 5.74) is 5.14. The van der Waals surface area contributed by atoms with E-state index < -0.39 is 0 Å². The highest BCUT2D eigenvalue weighted by Crippen LogP contribution is 2.16. The number of nitrogens with zero attached hydrogens (tertiary/aromatic N) is 6. The van der Waals surface area contributed by atoms with Gasteiger partial charge in [-0.3, -0.25) is 18.8 Å². The van der Waals surface area contributed by atoms with E-state index in [1.807, 2.05) is 54.1 Å². The second-order valence-electron chi connectivity index (χ2n) is 6.41. The predicted octanol–water partition coefficient (Wildman–Crippen LogP) is 1.49. The number of hydrogen-bond donors (Lipinski definition) is 1. The Hall–Kier alpha value is -2.64. The van der Waals surface area contributed by atoms with Crippen LogP contribution in [0, 0.1) is 20.8 Å². The van der Waals surface area contributed by atoms with Crippen LogP contribution in [-0.2, 0) is 24.9 Å². The van der Waals surface area contributed by atoms with Crippen LogP contribution in [-0.4, -0.2) is 41.8 Å². The summed E-state index contributed by atoms with van der Waals surface area (Å²) in [5.74, 6) is 0.0516. The molecule has 8 heteroatoms. The minimum absolute atomic E-state index is 0.0516. The van der Waals surface area contributed by atoms with Gasteiger partial charge in [0, 0.05) is 38.8 Å². The normalized spacial score (nSPS) is 11.4. The van der Waals surface area contributed by atoms with E-state index in [0.717, 1.165) is 41.1 Å². The minimum Gasteiger partial charge on any atom is -0.356 e. The fourth-order valence-electron chi connectivity index (χ4n) is 3.13. The predicted molar refractivity (Wildman–Crippen MR) is 95.2 cm³/mol. The molecule has 0 fully saturated rings.